The van der Waals surface area contributed by atoms with Gasteiger partial charge in [0.05, 0.1) is 0 Å². The average molecular weight is 417 g/mol. The van der Waals surface area contributed by atoms with Crippen LogP contribution >= 0.6 is 0 Å². The lowest BCUT2D eigenvalue weighted by Gasteiger charge is -2.59. The quantitative estimate of drug-likeness (QED) is 0.418. The SMILES string of the molecule is CCC(=O)OC1CCC2(C)C(=CCC3C2CCC2(C)C3CCC2(C)OC(=O)CC)C1. The van der Waals surface area contributed by atoms with Gasteiger partial charge in [0.1, 0.15) is 11.7 Å². The second-order valence-corrected chi connectivity index (χ2v) is 11.0. The van der Waals surface area contributed by atoms with E-state index >= 15 is 0 Å². The fourth-order valence-electron chi connectivity index (χ4n) is 7.71. The van der Waals surface area contributed by atoms with Crippen LogP contribution in [0, 0.1) is 28.6 Å². The molecule has 0 aromatic rings. The standard InChI is InChI=1S/C26H40O4/c1-6-22(27)29-18-10-13-24(3)17(16-18)8-9-19-20(24)11-14-25(4)21(19)12-15-26(25,5)30-23(28)7-2/h8,18-21H,6-7,9-16H2,1-5H3. The normalized spacial score (nSPS) is 44.9. The van der Waals surface area contributed by atoms with Crippen molar-refractivity contribution in [3.8, 4) is 0 Å². The van der Waals surface area contributed by atoms with Crippen LogP contribution in [0.3, 0.4) is 0 Å². The van der Waals surface area contributed by atoms with E-state index < -0.39 is 0 Å². The second kappa shape index (κ2) is 7.67. The summed E-state index contributed by atoms with van der Waals surface area (Å²) in [6.45, 7) is 10.8. The molecular formula is C26H40O4. The number of esters is 2. The molecule has 4 rings (SSSR count). The Labute approximate surface area is 182 Å². The fourth-order valence-corrected chi connectivity index (χ4v) is 7.71. The van der Waals surface area contributed by atoms with Crippen molar-refractivity contribution >= 4 is 11.9 Å². The molecule has 0 N–H and O–H groups in total. The number of carbonyl (C=O) groups is 2. The third kappa shape index (κ3) is 3.24. The first-order chi connectivity index (χ1) is 14.2. The van der Waals surface area contributed by atoms with Crippen molar-refractivity contribution in [2.24, 2.45) is 28.6 Å². The molecule has 0 saturated heterocycles. The highest BCUT2D eigenvalue weighted by Crippen LogP contribution is 2.67. The molecule has 168 valence electrons. The number of carbonyl (C=O) groups excluding carboxylic acids is 2. The Kier molecular flexibility index (Phi) is 5.60. The van der Waals surface area contributed by atoms with Gasteiger partial charge in [-0.25, -0.2) is 0 Å². The van der Waals surface area contributed by atoms with Gasteiger partial charge >= 0.3 is 11.9 Å². The number of hydrogen-bond donors (Lipinski definition) is 0. The van der Waals surface area contributed by atoms with Crippen LogP contribution in [0.1, 0.15) is 98.8 Å². The Bertz CT molecular complexity index is 741. The minimum atomic E-state index is -0.327. The van der Waals surface area contributed by atoms with Crippen LogP contribution in [-0.4, -0.2) is 23.6 Å². The first-order valence-electron chi connectivity index (χ1n) is 12.3. The largest absolute Gasteiger partial charge is 0.462 e. The summed E-state index contributed by atoms with van der Waals surface area (Å²) in [7, 11) is 0. The second-order valence-electron chi connectivity index (χ2n) is 11.0. The smallest absolute Gasteiger partial charge is 0.306 e. The molecule has 0 aromatic carbocycles. The van der Waals surface area contributed by atoms with Crippen molar-refractivity contribution in [1.29, 1.82) is 0 Å². The number of fused-ring (bicyclic) bond motifs is 5. The number of ether oxygens (including phenoxy) is 2. The molecule has 4 aliphatic rings. The molecule has 3 saturated carbocycles. The molecule has 30 heavy (non-hydrogen) atoms. The maximum atomic E-state index is 12.2. The summed E-state index contributed by atoms with van der Waals surface area (Å²) in [5.41, 5.74) is 1.52. The van der Waals surface area contributed by atoms with Gasteiger partial charge in [-0.3, -0.25) is 9.59 Å². The lowest BCUT2D eigenvalue weighted by Crippen LogP contribution is -2.55. The van der Waals surface area contributed by atoms with Crippen LogP contribution in [0.25, 0.3) is 0 Å². The third-order valence-electron chi connectivity index (χ3n) is 9.80. The minimum absolute atomic E-state index is 0.0563. The van der Waals surface area contributed by atoms with Crippen LogP contribution in [0.5, 0.6) is 0 Å². The predicted molar refractivity (Wildman–Crippen MR) is 117 cm³/mol. The number of allylic oxidation sites excluding steroid dienone is 1. The van der Waals surface area contributed by atoms with Crippen molar-refractivity contribution in [2.45, 2.75) is 111 Å². The zero-order valence-electron chi connectivity index (χ0n) is 19.6. The van der Waals surface area contributed by atoms with Crippen molar-refractivity contribution in [2.75, 3.05) is 0 Å². The van der Waals surface area contributed by atoms with Crippen LogP contribution in [-0.2, 0) is 19.1 Å². The molecule has 3 fully saturated rings. The fraction of sp³-hybridized carbons (Fsp3) is 0.846. The van der Waals surface area contributed by atoms with Crippen molar-refractivity contribution in [1.82, 2.24) is 0 Å². The molecule has 0 spiro atoms. The summed E-state index contributed by atoms with van der Waals surface area (Å²) in [6.07, 6.45) is 12.1. The van der Waals surface area contributed by atoms with Gasteiger partial charge in [0.2, 0.25) is 0 Å². The van der Waals surface area contributed by atoms with E-state index in [1.54, 1.807) is 0 Å². The highest BCUT2D eigenvalue weighted by atomic mass is 16.6. The molecular weight excluding hydrogens is 376 g/mol. The van der Waals surface area contributed by atoms with E-state index in [2.05, 4.69) is 26.8 Å². The molecule has 4 heteroatoms. The van der Waals surface area contributed by atoms with E-state index in [0.717, 1.165) is 38.5 Å². The Hall–Kier alpha value is -1.32. The molecule has 0 aliphatic heterocycles. The molecule has 0 radical (unpaired) electrons. The molecule has 0 aromatic heterocycles. The van der Waals surface area contributed by atoms with Gasteiger partial charge in [0.25, 0.3) is 0 Å². The van der Waals surface area contributed by atoms with Crippen molar-refractivity contribution in [3.05, 3.63) is 11.6 Å². The van der Waals surface area contributed by atoms with E-state index in [9.17, 15) is 9.59 Å². The maximum Gasteiger partial charge on any atom is 0.306 e. The highest BCUT2D eigenvalue weighted by molar-refractivity contribution is 5.69. The van der Waals surface area contributed by atoms with Crippen LogP contribution in [0.2, 0.25) is 0 Å². The first-order valence-corrected chi connectivity index (χ1v) is 12.3. The monoisotopic (exact) mass is 416 g/mol. The minimum Gasteiger partial charge on any atom is -0.462 e. The summed E-state index contributed by atoms with van der Waals surface area (Å²) < 4.78 is 11.8. The molecule has 0 bridgehead atoms. The Morgan fingerprint density at radius 2 is 1.67 bits per heavy atom. The van der Waals surface area contributed by atoms with Gasteiger partial charge in [-0.15, -0.1) is 0 Å². The van der Waals surface area contributed by atoms with E-state index in [1.165, 1.54) is 18.4 Å². The van der Waals surface area contributed by atoms with Crippen LogP contribution < -0.4 is 0 Å². The number of rotatable bonds is 4. The summed E-state index contributed by atoms with van der Waals surface area (Å²) >= 11 is 0. The van der Waals surface area contributed by atoms with E-state index in [-0.39, 0.29) is 34.5 Å². The highest BCUT2D eigenvalue weighted by Gasteiger charge is 2.64. The van der Waals surface area contributed by atoms with Crippen LogP contribution in [0.4, 0.5) is 0 Å². The topological polar surface area (TPSA) is 52.6 Å². The Morgan fingerprint density at radius 3 is 2.37 bits per heavy atom. The van der Waals surface area contributed by atoms with Gasteiger partial charge in [-0.1, -0.05) is 39.3 Å². The van der Waals surface area contributed by atoms with Gasteiger partial charge in [0, 0.05) is 24.7 Å². The number of hydrogen-bond acceptors (Lipinski definition) is 4. The molecule has 4 aliphatic carbocycles. The molecule has 7 unspecified atom stereocenters. The molecule has 7 atom stereocenters. The van der Waals surface area contributed by atoms with Gasteiger partial charge in [0.15, 0.2) is 0 Å². The van der Waals surface area contributed by atoms with Gasteiger partial charge in [-0.2, -0.15) is 0 Å². The van der Waals surface area contributed by atoms with Gasteiger partial charge in [-0.05, 0) is 75.0 Å². The zero-order chi connectivity index (χ0) is 21.7. The van der Waals surface area contributed by atoms with E-state index in [4.69, 9.17) is 9.47 Å². The molecule has 4 nitrogen and oxygen atoms in total. The van der Waals surface area contributed by atoms with E-state index in [1.807, 2.05) is 13.8 Å². The molecule has 0 amide bonds. The molecule has 0 heterocycles. The lowest BCUT2D eigenvalue weighted by molar-refractivity contribution is -0.179. The average Bonchev–Trinajstić information content (AvgIpc) is 2.98. The maximum absolute atomic E-state index is 12.2. The summed E-state index contributed by atoms with van der Waals surface area (Å²) in [4.78, 5) is 24.0. The zero-order valence-corrected chi connectivity index (χ0v) is 19.6. The first kappa shape index (κ1) is 21.9. The van der Waals surface area contributed by atoms with Crippen LogP contribution in [0.15, 0.2) is 11.6 Å². The van der Waals surface area contributed by atoms with Gasteiger partial charge < -0.3 is 9.47 Å². The third-order valence-corrected chi connectivity index (χ3v) is 9.80. The Balaban J connectivity index is 1.55. The Morgan fingerprint density at radius 1 is 0.967 bits per heavy atom. The summed E-state index contributed by atoms with van der Waals surface area (Å²) in [5.74, 6) is 1.87. The predicted octanol–water partition coefficient (Wildman–Crippen LogP) is 5.98. The lowest BCUT2D eigenvalue weighted by atomic mass is 9.47. The summed E-state index contributed by atoms with van der Waals surface area (Å²) in [6, 6.07) is 0. The van der Waals surface area contributed by atoms with E-state index in [0.29, 0.717) is 30.6 Å². The van der Waals surface area contributed by atoms with Crippen molar-refractivity contribution < 1.29 is 19.1 Å². The van der Waals surface area contributed by atoms with Crippen molar-refractivity contribution in [3.63, 3.8) is 0 Å². The summed E-state index contributed by atoms with van der Waals surface area (Å²) in [5, 5.41) is 0.